The van der Waals surface area contributed by atoms with Crippen LogP contribution in [0, 0.1) is 12.7 Å². The first kappa shape index (κ1) is 20.5. The van der Waals surface area contributed by atoms with E-state index < -0.39 is 0 Å². The zero-order valence-electron chi connectivity index (χ0n) is 17.5. The Hall–Kier alpha value is -2.81. The van der Waals surface area contributed by atoms with Crippen molar-refractivity contribution in [2.24, 2.45) is 0 Å². The molecule has 3 heteroatoms. The number of benzene rings is 2. The average Bonchev–Trinajstić information content (AvgIpc) is 2.75. The molecule has 0 amide bonds. The van der Waals surface area contributed by atoms with Crippen molar-refractivity contribution in [2.45, 2.75) is 57.3 Å². The third kappa shape index (κ3) is 4.67. The average molecular weight is 402 g/mol. The summed E-state index contributed by atoms with van der Waals surface area (Å²) in [4.78, 5) is 17.3. The monoisotopic (exact) mass is 401 g/mol. The maximum atomic E-state index is 13.4. The van der Waals surface area contributed by atoms with Crippen LogP contribution in [0.2, 0.25) is 0 Å². The molecule has 2 nitrogen and oxygen atoms in total. The molecule has 0 radical (unpaired) electrons. The van der Waals surface area contributed by atoms with Gasteiger partial charge in [-0.1, -0.05) is 55.7 Å². The molecule has 0 atom stereocenters. The first-order valence-corrected chi connectivity index (χ1v) is 10.8. The van der Waals surface area contributed by atoms with Crippen LogP contribution in [0.3, 0.4) is 0 Å². The van der Waals surface area contributed by atoms with Crippen LogP contribution in [0.15, 0.2) is 66.9 Å². The lowest BCUT2D eigenvalue weighted by Crippen LogP contribution is -2.32. The van der Waals surface area contributed by atoms with Gasteiger partial charge in [-0.05, 0) is 66.3 Å². The van der Waals surface area contributed by atoms with E-state index >= 15 is 0 Å². The van der Waals surface area contributed by atoms with Crippen molar-refractivity contribution in [1.82, 2.24) is 4.98 Å². The number of aryl methyl sites for hydroxylation is 1. The molecule has 1 aromatic heterocycles. The molecule has 1 fully saturated rings. The number of nitrogens with zero attached hydrogens (tertiary/aromatic N) is 1. The van der Waals surface area contributed by atoms with Crippen LogP contribution in [0.5, 0.6) is 0 Å². The van der Waals surface area contributed by atoms with Crippen molar-refractivity contribution in [2.75, 3.05) is 0 Å². The topological polar surface area (TPSA) is 30.0 Å². The molecule has 3 aromatic rings. The van der Waals surface area contributed by atoms with Crippen molar-refractivity contribution in [1.29, 1.82) is 0 Å². The first-order valence-electron chi connectivity index (χ1n) is 10.8. The smallest absolute Gasteiger partial charge is 0.138 e. The van der Waals surface area contributed by atoms with Gasteiger partial charge in [0.2, 0.25) is 0 Å². The largest absolute Gasteiger partial charge is 0.299 e. The Morgan fingerprint density at radius 2 is 1.63 bits per heavy atom. The summed E-state index contributed by atoms with van der Waals surface area (Å²) in [5, 5.41) is 0. The number of carbonyl (C=O) groups excluding carboxylic acids is 1. The van der Waals surface area contributed by atoms with Crippen LogP contribution in [0.4, 0.5) is 4.39 Å². The summed E-state index contributed by atoms with van der Waals surface area (Å²) >= 11 is 0. The minimum atomic E-state index is -0.222. The standard InChI is InChI=1S/C27H28FNO/c1-20-17-23(13-16-29-20)22-7-5-21(6-8-22)18-26(30)19-27(14-3-2-4-15-27)24-9-11-25(28)12-10-24/h5-13,16-17H,2-4,14-15,18-19H2,1H3. The Morgan fingerprint density at radius 3 is 2.30 bits per heavy atom. The van der Waals surface area contributed by atoms with Crippen molar-refractivity contribution in [3.05, 3.63) is 89.5 Å². The molecular weight excluding hydrogens is 373 g/mol. The van der Waals surface area contributed by atoms with Gasteiger partial charge in [0.25, 0.3) is 0 Å². The molecule has 4 rings (SSSR count). The number of halogens is 1. The molecule has 0 unspecified atom stereocenters. The van der Waals surface area contributed by atoms with Gasteiger partial charge in [-0.3, -0.25) is 9.78 Å². The van der Waals surface area contributed by atoms with Crippen LogP contribution >= 0.6 is 0 Å². The zero-order chi connectivity index (χ0) is 21.0. The van der Waals surface area contributed by atoms with E-state index in [9.17, 15) is 9.18 Å². The summed E-state index contributed by atoms with van der Waals surface area (Å²) in [6, 6.07) is 19.1. The quantitative estimate of drug-likeness (QED) is 0.466. The number of Topliss-reactive ketones (excluding diaryl/α,β-unsaturated/α-hetero) is 1. The fourth-order valence-electron chi connectivity index (χ4n) is 4.81. The molecule has 154 valence electrons. The van der Waals surface area contributed by atoms with Gasteiger partial charge < -0.3 is 0 Å². The second kappa shape index (κ2) is 8.91. The van der Waals surface area contributed by atoms with Crippen LogP contribution in [0.25, 0.3) is 11.1 Å². The predicted octanol–water partition coefficient (Wildman–Crippen LogP) is 6.60. The van der Waals surface area contributed by atoms with E-state index in [4.69, 9.17) is 0 Å². The highest BCUT2D eigenvalue weighted by Crippen LogP contribution is 2.42. The molecule has 0 spiro atoms. The normalized spacial score (nSPS) is 15.7. The van der Waals surface area contributed by atoms with E-state index in [2.05, 4.69) is 35.3 Å². The van der Waals surface area contributed by atoms with Crippen LogP contribution in [-0.2, 0) is 16.6 Å². The molecule has 30 heavy (non-hydrogen) atoms. The summed E-state index contributed by atoms with van der Waals surface area (Å²) < 4.78 is 13.4. The molecule has 1 saturated carbocycles. The van der Waals surface area contributed by atoms with Crippen LogP contribution in [0.1, 0.15) is 55.3 Å². The Kier molecular flexibility index (Phi) is 6.08. The Morgan fingerprint density at radius 1 is 0.933 bits per heavy atom. The van der Waals surface area contributed by atoms with Gasteiger partial charge in [-0.25, -0.2) is 4.39 Å². The Labute approximate surface area is 178 Å². The van der Waals surface area contributed by atoms with Gasteiger partial charge in [0.1, 0.15) is 11.6 Å². The van der Waals surface area contributed by atoms with E-state index in [1.165, 1.54) is 18.6 Å². The van der Waals surface area contributed by atoms with E-state index in [-0.39, 0.29) is 17.0 Å². The van der Waals surface area contributed by atoms with Gasteiger partial charge in [0.05, 0.1) is 0 Å². The highest BCUT2D eigenvalue weighted by atomic mass is 19.1. The molecule has 1 aliphatic rings. The molecule has 0 bridgehead atoms. The van der Waals surface area contributed by atoms with Crippen LogP contribution in [-0.4, -0.2) is 10.8 Å². The fourth-order valence-corrected chi connectivity index (χ4v) is 4.81. The SMILES string of the molecule is Cc1cc(-c2ccc(CC(=O)CC3(c4ccc(F)cc4)CCCCC3)cc2)ccn1. The second-order valence-corrected chi connectivity index (χ2v) is 8.62. The Balaban J connectivity index is 1.48. The van der Waals surface area contributed by atoms with Gasteiger partial charge in [-0.2, -0.15) is 0 Å². The van der Waals surface area contributed by atoms with E-state index in [1.54, 1.807) is 0 Å². The van der Waals surface area contributed by atoms with Gasteiger partial charge >= 0.3 is 0 Å². The fraction of sp³-hybridized carbons (Fsp3) is 0.333. The van der Waals surface area contributed by atoms with Crippen molar-refractivity contribution < 1.29 is 9.18 Å². The maximum absolute atomic E-state index is 13.4. The van der Waals surface area contributed by atoms with Crippen molar-refractivity contribution >= 4 is 5.78 Å². The summed E-state index contributed by atoms with van der Waals surface area (Å²) in [7, 11) is 0. The predicted molar refractivity (Wildman–Crippen MR) is 119 cm³/mol. The molecule has 0 N–H and O–H groups in total. The summed E-state index contributed by atoms with van der Waals surface area (Å²) in [5.74, 6) is 0.0363. The van der Waals surface area contributed by atoms with E-state index in [0.29, 0.717) is 12.8 Å². The number of hydrogen-bond donors (Lipinski definition) is 0. The molecule has 0 saturated heterocycles. The summed E-state index contributed by atoms with van der Waals surface area (Å²) in [6.07, 6.45) is 8.28. The summed E-state index contributed by atoms with van der Waals surface area (Å²) in [5.41, 5.74) is 5.27. The highest BCUT2D eigenvalue weighted by Gasteiger charge is 2.35. The van der Waals surface area contributed by atoms with Crippen LogP contribution < -0.4 is 0 Å². The van der Waals surface area contributed by atoms with Crippen molar-refractivity contribution in [3.63, 3.8) is 0 Å². The minimum absolute atomic E-state index is 0.141. The first-order chi connectivity index (χ1) is 14.5. The Bertz CT molecular complexity index is 1000. The second-order valence-electron chi connectivity index (χ2n) is 8.62. The third-order valence-corrected chi connectivity index (χ3v) is 6.39. The lowest BCUT2D eigenvalue weighted by atomic mass is 9.66. The zero-order valence-corrected chi connectivity index (χ0v) is 17.5. The third-order valence-electron chi connectivity index (χ3n) is 6.39. The minimum Gasteiger partial charge on any atom is -0.299 e. The number of pyridine rings is 1. The molecule has 1 heterocycles. The maximum Gasteiger partial charge on any atom is 0.138 e. The highest BCUT2D eigenvalue weighted by molar-refractivity contribution is 5.82. The van der Waals surface area contributed by atoms with Gasteiger partial charge in [-0.15, -0.1) is 0 Å². The number of rotatable bonds is 6. The van der Waals surface area contributed by atoms with E-state index in [0.717, 1.165) is 53.6 Å². The lowest BCUT2D eigenvalue weighted by molar-refractivity contribution is -0.120. The molecular formula is C27H28FNO. The number of carbonyl (C=O) groups is 1. The lowest BCUT2D eigenvalue weighted by Gasteiger charge is -2.37. The van der Waals surface area contributed by atoms with Gasteiger partial charge in [0, 0.05) is 30.1 Å². The van der Waals surface area contributed by atoms with Gasteiger partial charge in [0.15, 0.2) is 0 Å². The molecule has 1 aliphatic carbocycles. The molecule has 0 aliphatic heterocycles. The molecule has 2 aromatic carbocycles. The number of ketones is 1. The van der Waals surface area contributed by atoms with Crippen molar-refractivity contribution in [3.8, 4) is 11.1 Å². The van der Waals surface area contributed by atoms with E-state index in [1.807, 2.05) is 31.3 Å². The number of aromatic nitrogens is 1. The number of hydrogen-bond acceptors (Lipinski definition) is 2. The summed E-state index contributed by atoms with van der Waals surface area (Å²) in [6.45, 7) is 1.98.